The van der Waals surface area contributed by atoms with E-state index in [0.717, 1.165) is 12.0 Å². The van der Waals surface area contributed by atoms with E-state index in [1.54, 1.807) is 36.9 Å². The molecule has 0 aliphatic carbocycles. The SMILES string of the molecule is CC1(C)Oc2ccc(C(=O)N3CCc4ccccc4C3)cc2N(CC(=O)c2ccc(F)cc2)C1=O. The minimum absolute atomic E-state index is 0.149. The van der Waals surface area contributed by atoms with E-state index in [9.17, 15) is 18.8 Å². The van der Waals surface area contributed by atoms with Crippen LogP contribution < -0.4 is 9.64 Å². The second-order valence-corrected chi connectivity index (χ2v) is 9.36. The monoisotopic (exact) mass is 472 g/mol. The first-order valence-corrected chi connectivity index (χ1v) is 11.5. The number of Topliss-reactive ketones (excluding diaryl/α,β-unsaturated/α-hetero) is 1. The van der Waals surface area contributed by atoms with Gasteiger partial charge in [0, 0.05) is 24.2 Å². The number of fused-ring (bicyclic) bond motifs is 2. The fourth-order valence-corrected chi connectivity index (χ4v) is 4.58. The van der Waals surface area contributed by atoms with E-state index >= 15 is 0 Å². The van der Waals surface area contributed by atoms with Gasteiger partial charge in [0.25, 0.3) is 11.8 Å². The molecule has 7 heteroatoms. The van der Waals surface area contributed by atoms with Crippen molar-refractivity contribution in [2.75, 3.05) is 18.0 Å². The smallest absolute Gasteiger partial charge is 0.271 e. The van der Waals surface area contributed by atoms with E-state index in [0.29, 0.717) is 35.7 Å². The maximum absolute atomic E-state index is 13.4. The molecule has 0 N–H and O–H groups in total. The van der Waals surface area contributed by atoms with Gasteiger partial charge in [-0.1, -0.05) is 24.3 Å². The number of hydrogen-bond acceptors (Lipinski definition) is 4. The van der Waals surface area contributed by atoms with Gasteiger partial charge < -0.3 is 9.64 Å². The fourth-order valence-electron chi connectivity index (χ4n) is 4.58. The minimum Gasteiger partial charge on any atom is -0.476 e. The average molecular weight is 473 g/mol. The lowest BCUT2D eigenvalue weighted by molar-refractivity contribution is -0.132. The van der Waals surface area contributed by atoms with E-state index < -0.39 is 17.3 Å². The largest absolute Gasteiger partial charge is 0.476 e. The summed E-state index contributed by atoms with van der Waals surface area (Å²) in [7, 11) is 0. The molecule has 0 unspecified atom stereocenters. The highest BCUT2D eigenvalue weighted by Crippen LogP contribution is 2.39. The van der Waals surface area contributed by atoms with Crippen molar-refractivity contribution in [2.24, 2.45) is 0 Å². The summed E-state index contributed by atoms with van der Waals surface area (Å²) in [6.07, 6.45) is 0.779. The Morgan fingerprint density at radius 1 is 0.971 bits per heavy atom. The first-order valence-electron chi connectivity index (χ1n) is 11.5. The molecule has 3 aromatic carbocycles. The zero-order chi connectivity index (χ0) is 24.7. The van der Waals surface area contributed by atoms with Crippen LogP contribution in [0.15, 0.2) is 66.7 Å². The lowest BCUT2D eigenvalue weighted by atomic mass is 9.98. The van der Waals surface area contributed by atoms with Crippen molar-refractivity contribution in [3.8, 4) is 5.75 Å². The predicted molar refractivity (Wildman–Crippen MR) is 129 cm³/mol. The van der Waals surface area contributed by atoms with Crippen molar-refractivity contribution >= 4 is 23.3 Å². The Kier molecular flexibility index (Phi) is 5.63. The number of carbonyl (C=O) groups is 3. The summed E-state index contributed by atoms with van der Waals surface area (Å²) < 4.78 is 19.2. The highest BCUT2D eigenvalue weighted by molar-refractivity contribution is 6.10. The number of ether oxygens (including phenoxy) is 1. The van der Waals surface area contributed by atoms with Crippen molar-refractivity contribution < 1.29 is 23.5 Å². The Bertz CT molecular complexity index is 1330. The zero-order valence-electron chi connectivity index (χ0n) is 19.6. The first-order chi connectivity index (χ1) is 16.7. The molecule has 5 rings (SSSR count). The molecular formula is C28H25FN2O4. The van der Waals surface area contributed by atoms with Crippen LogP contribution in [0.4, 0.5) is 10.1 Å². The molecule has 0 atom stereocenters. The highest BCUT2D eigenvalue weighted by Gasteiger charge is 2.42. The van der Waals surface area contributed by atoms with Gasteiger partial charge in [-0.05, 0) is 73.9 Å². The topological polar surface area (TPSA) is 66.9 Å². The van der Waals surface area contributed by atoms with Gasteiger partial charge in [-0.3, -0.25) is 19.3 Å². The molecule has 2 heterocycles. The van der Waals surface area contributed by atoms with E-state index in [-0.39, 0.29) is 18.2 Å². The average Bonchev–Trinajstić information content (AvgIpc) is 2.86. The number of nitrogens with zero attached hydrogens (tertiary/aromatic N) is 2. The molecule has 0 saturated heterocycles. The van der Waals surface area contributed by atoms with E-state index in [4.69, 9.17) is 4.74 Å². The summed E-state index contributed by atoms with van der Waals surface area (Å²) in [4.78, 5) is 42.7. The summed E-state index contributed by atoms with van der Waals surface area (Å²) in [6, 6.07) is 18.2. The van der Waals surface area contributed by atoms with Crippen molar-refractivity contribution in [2.45, 2.75) is 32.4 Å². The van der Waals surface area contributed by atoms with Crippen LogP contribution in [0.3, 0.4) is 0 Å². The third-order valence-corrected chi connectivity index (χ3v) is 6.51. The van der Waals surface area contributed by atoms with Gasteiger partial charge in [0.15, 0.2) is 11.4 Å². The van der Waals surface area contributed by atoms with Crippen LogP contribution in [0, 0.1) is 5.82 Å². The number of hydrogen-bond donors (Lipinski definition) is 0. The Balaban J connectivity index is 1.45. The lowest BCUT2D eigenvalue weighted by Crippen LogP contribution is -2.54. The molecule has 3 aromatic rings. The van der Waals surface area contributed by atoms with Crippen molar-refractivity contribution in [1.82, 2.24) is 4.90 Å². The van der Waals surface area contributed by atoms with Crippen LogP contribution in [0.1, 0.15) is 45.7 Å². The minimum atomic E-state index is -1.18. The molecule has 6 nitrogen and oxygen atoms in total. The second kappa shape index (κ2) is 8.65. The molecule has 0 saturated carbocycles. The number of anilines is 1. The van der Waals surface area contributed by atoms with Gasteiger partial charge >= 0.3 is 0 Å². The summed E-state index contributed by atoms with van der Waals surface area (Å²) in [5, 5.41) is 0. The second-order valence-electron chi connectivity index (χ2n) is 9.36. The van der Waals surface area contributed by atoms with E-state index in [1.165, 1.54) is 34.7 Å². The standard InChI is InChI=1S/C28H25FN2O4/c1-28(2)27(34)31(17-24(32)19-7-10-22(29)11-8-19)23-15-20(9-12-25(23)35-28)26(33)30-14-13-18-5-3-4-6-21(18)16-30/h3-12,15H,13-14,16-17H2,1-2H3. The molecule has 0 radical (unpaired) electrons. The van der Waals surface area contributed by atoms with Crippen LogP contribution in [0.5, 0.6) is 5.75 Å². The number of ketones is 1. The van der Waals surface area contributed by atoms with Gasteiger partial charge in [-0.2, -0.15) is 0 Å². The Morgan fingerprint density at radius 3 is 2.40 bits per heavy atom. The quantitative estimate of drug-likeness (QED) is 0.528. The van der Waals surface area contributed by atoms with Crippen molar-refractivity contribution in [1.29, 1.82) is 0 Å². The van der Waals surface area contributed by atoms with Crippen LogP contribution in [0.2, 0.25) is 0 Å². The van der Waals surface area contributed by atoms with Gasteiger partial charge in [0.05, 0.1) is 12.2 Å². The number of benzene rings is 3. The predicted octanol–water partition coefficient (Wildman–Crippen LogP) is 4.41. The molecule has 0 aromatic heterocycles. The van der Waals surface area contributed by atoms with Gasteiger partial charge in [-0.15, -0.1) is 0 Å². The Morgan fingerprint density at radius 2 is 1.66 bits per heavy atom. The van der Waals surface area contributed by atoms with Crippen LogP contribution >= 0.6 is 0 Å². The number of carbonyl (C=O) groups excluding carboxylic acids is 3. The maximum atomic E-state index is 13.4. The number of rotatable bonds is 4. The molecule has 0 fully saturated rings. The molecule has 2 aliphatic rings. The summed E-state index contributed by atoms with van der Waals surface area (Å²) >= 11 is 0. The molecule has 0 spiro atoms. The van der Waals surface area contributed by atoms with Crippen molar-refractivity contribution in [3.63, 3.8) is 0 Å². The first kappa shape index (κ1) is 22.8. The third-order valence-electron chi connectivity index (χ3n) is 6.51. The molecule has 178 valence electrons. The normalized spacial score (nSPS) is 16.3. The lowest BCUT2D eigenvalue weighted by Gasteiger charge is -2.38. The van der Waals surface area contributed by atoms with Crippen molar-refractivity contribution in [3.05, 3.63) is 94.8 Å². The molecule has 35 heavy (non-hydrogen) atoms. The summed E-state index contributed by atoms with van der Waals surface area (Å²) in [5.74, 6) is -0.909. The van der Waals surface area contributed by atoms with Gasteiger partial charge in [-0.25, -0.2) is 4.39 Å². The number of amides is 2. The number of halogens is 1. The summed E-state index contributed by atoms with van der Waals surface area (Å²) in [5.41, 5.74) is 2.26. The van der Waals surface area contributed by atoms with Crippen LogP contribution in [-0.2, 0) is 17.8 Å². The third kappa shape index (κ3) is 4.30. The zero-order valence-corrected chi connectivity index (χ0v) is 19.6. The van der Waals surface area contributed by atoms with E-state index in [1.807, 2.05) is 18.2 Å². The fraction of sp³-hybridized carbons (Fsp3) is 0.250. The highest BCUT2D eigenvalue weighted by atomic mass is 19.1. The Labute approximate surface area is 202 Å². The molecular weight excluding hydrogens is 447 g/mol. The molecule has 2 aliphatic heterocycles. The maximum Gasteiger partial charge on any atom is 0.271 e. The Hall–Kier alpha value is -4.00. The van der Waals surface area contributed by atoms with Crippen LogP contribution in [-0.4, -0.2) is 41.2 Å². The molecule has 2 amide bonds. The van der Waals surface area contributed by atoms with E-state index in [2.05, 4.69) is 6.07 Å². The van der Waals surface area contributed by atoms with Gasteiger partial charge in [0.1, 0.15) is 11.6 Å². The van der Waals surface area contributed by atoms with Gasteiger partial charge in [0.2, 0.25) is 0 Å². The van der Waals surface area contributed by atoms with Crippen LogP contribution in [0.25, 0.3) is 0 Å². The molecule has 0 bridgehead atoms. The summed E-state index contributed by atoms with van der Waals surface area (Å²) in [6.45, 7) is 4.14.